The van der Waals surface area contributed by atoms with Crippen LogP contribution in [0.5, 0.6) is 0 Å². The van der Waals surface area contributed by atoms with E-state index in [2.05, 4.69) is 10.6 Å². The SMILES string of the molecule is CCC(C)C(NC(N)=O)C(=O)NCCCOCCO. The summed E-state index contributed by atoms with van der Waals surface area (Å²) in [5.74, 6) is -0.228. The Morgan fingerprint density at radius 3 is 2.58 bits per heavy atom. The molecule has 2 atom stereocenters. The highest BCUT2D eigenvalue weighted by Gasteiger charge is 2.24. The predicted molar refractivity (Wildman–Crippen MR) is 71.5 cm³/mol. The van der Waals surface area contributed by atoms with Gasteiger partial charge < -0.3 is 26.2 Å². The third-order valence-electron chi connectivity index (χ3n) is 2.79. The van der Waals surface area contributed by atoms with Crippen molar-refractivity contribution in [3.63, 3.8) is 0 Å². The number of urea groups is 1. The first-order valence-corrected chi connectivity index (χ1v) is 6.55. The van der Waals surface area contributed by atoms with Gasteiger partial charge in [-0.2, -0.15) is 0 Å². The van der Waals surface area contributed by atoms with Crippen molar-refractivity contribution in [3.8, 4) is 0 Å². The molecule has 2 unspecified atom stereocenters. The first-order valence-electron chi connectivity index (χ1n) is 6.55. The Morgan fingerprint density at radius 1 is 1.37 bits per heavy atom. The molecule has 0 bridgehead atoms. The van der Waals surface area contributed by atoms with E-state index in [1.807, 2.05) is 13.8 Å². The topological polar surface area (TPSA) is 114 Å². The van der Waals surface area contributed by atoms with Crippen LogP contribution in [0.4, 0.5) is 4.79 Å². The summed E-state index contributed by atoms with van der Waals surface area (Å²) < 4.78 is 5.07. The van der Waals surface area contributed by atoms with Crippen molar-refractivity contribution < 1.29 is 19.4 Å². The number of amides is 3. The van der Waals surface area contributed by atoms with Crippen molar-refractivity contribution in [2.45, 2.75) is 32.7 Å². The van der Waals surface area contributed by atoms with E-state index in [1.165, 1.54) is 0 Å². The van der Waals surface area contributed by atoms with Crippen molar-refractivity contribution >= 4 is 11.9 Å². The normalized spacial score (nSPS) is 13.6. The van der Waals surface area contributed by atoms with Gasteiger partial charge in [-0.05, 0) is 12.3 Å². The van der Waals surface area contributed by atoms with Crippen molar-refractivity contribution in [2.24, 2.45) is 11.7 Å². The molecule has 0 saturated carbocycles. The lowest BCUT2D eigenvalue weighted by molar-refractivity contribution is -0.124. The van der Waals surface area contributed by atoms with Crippen LogP contribution in [0.1, 0.15) is 26.7 Å². The van der Waals surface area contributed by atoms with Crippen LogP contribution in [0.2, 0.25) is 0 Å². The highest BCUT2D eigenvalue weighted by Crippen LogP contribution is 2.07. The van der Waals surface area contributed by atoms with Crippen LogP contribution in [-0.2, 0) is 9.53 Å². The first kappa shape index (κ1) is 17.7. The van der Waals surface area contributed by atoms with Gasteiger partial charge in [0.2, 0.25) is 5.91 Å². The molecule has 0 saturated heterocycles. The Morgan fingerprint density at radius 2 is 2.05 bits per heavy atom. The van der Waals surface area contributed by atoms with Crippen molar-refractivity contribution in [2.75, 3.05) is 26.4 Å². The summed E-state index contributed by atoms with van der Waals surface area (Å²) >= 11 is 0. The van der Waals surface area contributed by atoms with Crippen LogP contribution >= 0.6 is 0 Å². The first-order chi connectivity index (χ1) is 9.02. The van der Waals surface area contributed by atoms with E-state index in [4.69, 9.17) is 15.6 Å². The third-order valence-corrected chi connectivity index (χ3v) is 2.79. The zero-order valence-electron chi connectivity index (χ0n) is 11.6. The number of hydrogen-bond acceptors (Lipinski definition) is 4. The van der Waals surface area contributed by atoms with Crippen LogP contribution in [0.3, 0.4) is 0 Å². The second-order valence-electron chi connectivity index (χ2n) is 4.35. The van der Waals surface area contributed by atoms with E-state index in [0.29, 0.717) is 26.2 Å². The molecule has 3 amide bonds. The lowest BCUT2D eigenvalue weighted by Gasteiger charge is -2.22. The number of primary amides is 1. The average molecular weight is 275 g/mol. The van der Waals surface area contributed by atoms with Crippen LogP contribution in [-0.4, -0.2) is 49.5 Å². The molecule has 0 fully saturated rings. The molecule has 0 heterocycles. The van der Waals surface area contributed by atoms with Gasteiger partial charge in [0.25, 0.3) is 0 Å². The quantitative estimate of drug-likeness (QED) is 0.406. The second-order valence-corrected chi connectivity index (χ2v) is 4.35. The maximum absolute atomic E-state index is 11.9. The Hall–Kier alpha value is -1.34. The lowest BCUT2D eigenvalue weighted by atomic mass is 9.98. The minimum absolute atomic E-state index is 0.00895. The van der Waals surface area contributed by atoms with Gasteiger partial charge in [-0.3, -0.25) is 4.79 Å². The molecule has 0 rings (SSSR count). The number of rotatable bonds is 10. The highest BCUT2D eigenvalue weighted by atomic mass is 16.5. The molecule has 112 valence electrons. The minimum Gasteiger partial charge on any atom is -0.394 e. The van der Waals surface area contributed by atoms with Gasteiger partial charge in [0.05, 0.1) is 13.2 Å². The molecular weight excluding hydrogens is 250 g/mol. The summed E-state index contributed by atoms with van der Waals surface area (Å²) in [4.78, 5) is 22.8. The summed E-state index contributed by atoms with van der Waals surface area (Å²) in [5.41, 5.74) is 5.06. The number of carbonyl (C=O) groups is 2. The monoisotopic (exact) mass is 275 g/mol. The van der Waals surface area contributed by atoms with Gasteiger partial charge in [-0.25, -0.2) is 4.79 Å². The maximum Gasteiger partial charge on any atom is 0.312 e. The number of aliphatic hydroxyl groups excluding tert-OH is 1. The van der Waals surface area contributed by atoms with Crippen LogP contribution in [0, 0.1) is 5.92 Å². The van der Waals surface area contributed by atoms with Gasteiger partial charge in [-0.15, -0.1) is 0 Å². The molecule has 7 nitrogen and oxygen atoms in total. The number of nitrogens with two attached hydrogens (primary N) is 1. The fourth-order valence-corrected chi connectivity index (χ4v) is 1.52. The van der Waals surface area contributed by atoms with Gasteiger partial charge in [0, 0.05) is 13.2 Å². The lowest BCUT2D eigenvalue weighted by Crippen LogP contribution is -2.52. The largest absolute Gasteiger partial charge is 0.394 e. The van der Waals surface area contributed by atoms with Crippen LogP contribution < -0.4 is 16.4 Å². The Kier molecular flexibility index (Phi) is 9.82. The molecule has 0 aromatic carbocycles. The van der Waals surface area contributed by atoms with E-state index < -0.39 is 12.1 Å². The van der Waals surface area contributed by atoms with E-state index in [-0.39, 0.29) is 18.4 Å². The smallest absolute Gasteiger partial charge is 0.312 e. The summed E-state index contributed by atoms with van der Waals surface area (Å²) in [6.07, 6.45) is 1.41. The zero-order valence-corrected chi connectivity index (χ0v) is 11.6. The van der Waals surface area contributed by atoms with Crippen LogP contribution in [0.25, 0.3) is 0 Å². The summed E-state index contributed by atoms with van der Waals surface area (Å²) in [5, 5.41) is 13.7. The van der Waals surface area contributed by atoms with Gasteiger partial charge in [-0.1, -0.05) is 20.3 Å². The molecule has 5 N–H and O–H groups in total. The number of aliphatic hydroxyl groups is 1. The minimum atomic E-state index is -0.702. The number of hydrogen-bond donors (Lipinski definition) is 4. The predicted octanol–water partition coefficient (Wildman–Crippen LogP) is -0.415. The molecular formula is C12H25N3O4. The molecule has 7 heteroatoms. The molecule has 0 spiro atoms. The number of carbonyl (C=O) groups excluding carboxylic acids is 2. The summed E-state index contributed by atoms with van der Waals surface area (Å²) in [6.45, 7) is 5.04. The van der Waals surface area contributed by atoms with E-state index in [1.54, 1.807) is 0 Å². The molecule has 0 radical (unpaired) electrons. The Bertz CT molecular complexity index is 274. The van der Waals surface area contributed by atoms with E-state index in [0.717, 1.165) is 6.42 Å². The van der Waals surface area contributed by atoms with Gasteiger partial charge in [0.15, 0.2) is 0 Å². The van der Waals surface area contributed by atoms with Crippen LogP contribution in [0.15, 0.2) is 0 Å². The standard InChI is InChI=1S/C12H25N3O4/c1-3-9(2)10(15-12(13)18)11(17)14-5-4-7-19-8-6-16/h9-10,16H,3-8H2,1-2H3,(H,14,17)(H3,13,15,18). The Labute approximate surface area is 113 Å². The molecule has 0 aliphatic heterocycles. The molecule has 0 aromatic rings. The maximum atomic E-state index is 11.9. The van der Waals surface area contributed by atoms with Crippen molar-refractivity contribution in [3.05, 3.63) is 0 Å². The van der Waals surface area contributed by atoms with Gasteiger partial charge in [0.1, 0.15) is 6.04 Å². The third kappa shape index (κ3) is 8.39. The summed E-state index contributed by atoms with van der Waals surface area (Å²) in [6, 6.07) is -1.31. The average Bonchev–Trinajstić information content (AvgIpc) is 2.38. The number of ether oxygens (including phenoxy) is 1. The molecule has 0 aromatic heterocycles. The van der Waals surface area contributed by atoms with E-state index in [9.17, 15) is 9.59 Å². The van der Waals surface area contributed by atoms with E-state index >= 15 is 0 Å². The second kappa shape index (κ2) is 10.6. The molecule has 19 heavy (non-hydrogen) atoms. The van der Waals surface area contributed by atoms with Gasteiger partial charge >= 0.3 is 6.03 Å². The zero-order chi connectivity index (χ0) is 14.7. The Balaban J connectivity index is 4.00. The summed E-state index contributed by atoms with van der Waals surface area (Å²) in [7, 11) is 0. The molecule has 0 aliphatic rings. The fraction of sp³-hybridized carbons (Fsp3) is 0.833. The molecule has 0 aliphatic carbocycles. The number of nitrogens with one attached hydrogen (secondary N) is 2. The highest BCUT2D eigenvalue weighted by molar-refractivity contribution is 5.86. The van der Waals surface area contributed by atoms with Crippen molar-refractivity contribution in [1.29, 1.82) is 0 Å². The van der Waals surface area contributed by atoms with Crippen molar-refractivity contribution in [1.82, 2.24) is 10.6 Å². The fourth-order valence-electron chi connectivity index (χ4n) is 1.52.